The van der Waals surface area contributed by atoms with E-state index in [9.17, 15) is 13.6 Å². The fourth-order valence-corrected chi connectivity index (χ4v) is 3.34. The molecule has 7 nitrogen and oxygen atoms in total. The van der Waals surface area contributed by atoms with Gasteiger partial charge in [0.1, 0.15) is 11.8 Å². The van der Waals surface area contributed by atoms with Crippen molar-refractivity contribution in [1.82, 2.24) is 9.97 Å². The van der Waals surface area contributed by atoms with E-state index in [2.05, 4.69) is 24.7 Å². The number of aliphatic imine (C=N–C) groups is 1. The quantitative estimate of drug-likeness (QED) is 0.860. The summed E-state index contributed by atoms with van der Waals surface area (Å²) in [6, 6.07) is 3.27. The van der Waals surface area contributed by atoms with Crippen molar-refractivity contribution in [2.75, 3.05) is 11.1 Å². The highest BCUT2D eigenvalue weighted by Gasteiger charge is 2.31. The first-order valence-corrected chi connectivity index (χ1v) is 8.35. The van der Waals surface area contributed by atoms with Crippen LogP contribution in [0.25, 0.3) is 0 Å². The Kier molecular flexibility index (Phi) is 4.71. The van der Waals surface area contributed by atoms with E-state index in [0.29, 0.717) is 16.5 Å². The van der Waals surface area contributed by atoms with Gasteiger partial charge in [-0.25, -0.2) is 9.98 Å². The van der Waals surface area contributed by atoms with Crippen LogP contribution in [0.2, 0.25) is 0 Å². The highest BCUT2D eigenvalue weighted by atomic mass is 32.2. The lowest BCUT2D eigenvalue weighted by Gasteiger charge is -2.28. The monoisotopic (exact) mass is 367 g/mol. The molecular weight excluding hydrogens is 352 g/mol. The number of amidine groups is 1. The van der Waals surface area contributed by atoms with E-state index >= 15 is 0 Å². The maximum atomic E-state index is 12.5. The van der Waals surface area contributed by atoms with Gasteiger partial charge in [-0.05, 0) is 25.5 Å². The average molecular weight is 367 g/mol. The molecule has 1 aliphatic rings. The van der Waals surface area contributed by atoms with Crippen molar-refractivity contribution in [3.8, 4) is 0 Å². The lowest BCUT2D eigenvalue weighted by atomic mass is 9.94. The molecule has 0 saturated heterocycles. The summed E-state index contributed by atoms with van der Waals surface area (Å²) in [6.45, 7) is 1.92. The van der Waals surface area contributed by atoms with Crippen molar-refractivity contribution in [1.29, 1.82) is 0 Å². The first kappa shape index (κ1) is 17.3. The van der Waals surface area contributed by atoms with E-state index in [-0.39, 0.29) is 5.69 Å². The number of thioether (sulfide) groups is 1. The van der Waals surface area contributed by atoms with Gasteiger partial charge in [-0.3, -0.25) is 9.78 Å². The van der Waals surface area contributed by atoms with Gasteiger partial charge in [-0.2, -0.15) is 8.78 Å². The fourth-order valence-electron chi connectivity index (χ4n) is 2.36. The van der Waals surface area contributed by atoms with Gasteiger partial charge in [-0.1, -0.05) is 11.8 Å². The van der Waals surface area contributed by atoms with Crippen LogP contribution in [-0.2, 0) is 5.54 Å². The molecule has 3 N–H and O–H groups in total. The molecule has 0 unspecified atom stereocenters. The van der Waals surface area contributed by atoms with Crippen LogP contribution in [0.1, 0.15) is 41.8 Å². The number of carbonyl (C=O) groups excluding carboxylic acids is 1. The Morgan fingerprint density at radius 2 is 2.32 bits per heavy atom. The van der Waals surface area contributed by atoms with Crippen LogP contribution in [-0.4, -0.2) is 26.8 Å². The lowest BCUT2D eigenvalue weighted by molar-refractivity contribution is 0.102. The van der Waals surface area contributed by atoms with Crippen LogP contribution in [0, 0.1) is 0 Å². The molecule has 0 aromatic carbocycles. The van der Waals surface area contributed by atoms with Crippen molar-refractivity contribution in [2.45, 2.75) is 25.3 Å². The number of alkyl halides is 2. The van der Waals surface area contributed by atoms with Gasteiger partial charge in [-0.15, -0.1) is 0 Å². The minimum Gasteiger partial charge on any atom is -0.443 e. The summed E-state index contributed by atoms with van der Waals surface area (Å²) in [5.74, 6) is -0.628. The van der Waals surface area contributed by atoms with Crippen LogP contribution < -0.4 is 11.1 Å². The van der Waals surface area contributed by atoms with E-state index in [0.717, 1.165) is 18.4 Å². The largest absolute Gasteiger partial charge is 0.443 e. The second kappa shape index (κ2) is 6.79. The molecular formula is C15H15F2N5O2S. The molecule has 1 aliphatic heterocycles. The molecule has 0 radical (unpaired) electrons. The first-order chi connectivity index (χ1) is 11.9. The Morgan fingerprint density at radius 1 is 1.52 bits per heavy atom. The van der Waals surface area contributed by atoms with Gasteiger partial charge in [0, 0.05) is 17.6 Å². The number of amides is 1. The number of nitrogens with two attached hydrogens (primary N) is 1. The zero-order chi connectivity index (χ0) is 18.0. The second-order valence-electron chi connectivity index (χ2n) is 5.58. The maximum absolute atomic E-state index is 12.5. The Labute approximate surface area is 146 Å². The summed E-state index contributed by atoms with van der Waals surface area (Å²) in [5, 5.41) is 3.08. The minimum absolute atomic E-state index is 0.226. The average Bonchev–Trinajstić information content (AvgIpc) is 3.05. The Hall–Kier alpha value is -2.49. The molecule has 2 aromatic heterocycles. The highest BCUT2D eigenvalue weighted by molar-refractivity contribution is 8.13. The molecule has 10 heteroatoms. The summed E-state index contributed by atoms with van der Waals surface area (Å²) in [6.07, 6.45) is 0.311. The van der Waals surface area contributed by atoms with E-state index in [1.807, 2.05) is 6.92 Å². The third kappa shape index (κ3) is 3.78. The molecule has 1 atom stereocenters. The van der Waals surface area contributed by atoms with Gasteiger partial charge in [0.25, 0.3) is 11.8 Å². The molecule has 0 aliphatic carbocycles. The van der Waals surface area contributed by atoms with Gasteiger partial charge >= 0.3 is 6.43 Å². The summed E-state index contributed by atoms with van der Waals surface area (Å²) < 4.78 is 29.5. The van der Waals surface area contributed by atoms with Crippen LogP contribution in [0.5, 0.6) is 0 Å². The molecule has 0 spiro atoms. The molecule has 0 fully saturated rings. The predicted octanol–water partition coefficient (Wildman–Crippen LogP) is 2.93. The molecule has 132 valence electrons. The second-order valence-corrected chi connectivity index (χ2v) is 6.69. The third-order valence-corrected chi connectivity index (χ3v) is 4.50. The van der Waals surface area contributed by atoms with Crippen molar-refractivity contribution < 1.29 is 18.0 Å². The predicted molar refractivity (Wildman–Crippen MR) is 89.7 cm³/mol. The zero-order valence-corrected chi connectivity index (χ0v) is 14.0. The lowest BCUT2D eigenvalue weighted by Crippen LogP contribution is -2.29. The Morgan fingerprint density at radius 3 is 3.00 bits per heavy atom. The van der Waals surface area contributed by atoms with E-state index in [1.165, 1.54) is 18.0 Å². The molecule has 0 saturated carbocycles. The smallest absolute Gasteiger partial charge is 0.313 e. The number of rotatable bonds is 4. The van der Waals surface area contributed by atoms with E-state index in [1.54, 1.807) is 12.1 Å². The fraction of sp³-hybridized carbons (Fsp3) is 0.333. The number of anilines is 1. The number of hydrogen-bond acceptors (Lipinski definition) is 7. The van der Waals surface area contributed by atoms with Gasteiger partial charge in [0.15, 0.2) is 10.9 Å². The highest BCUT2D eigenvalue weighted by Crippen LogP contribution is 2.34. The molecule has 1 amide bonds. The van der Waals surface area contributed by atoms with Crippen molar-refractivity contribution in [2.24, 2.45) is 10.7 Å². The van der Waals surface area contributed by atoms with Gasteiger partial charge in [0.2, 0.25) is 0 Å². The number of oxazole rings is 1. The molecule has 2 aromatic rings. The number of pyridine rings is 1. The standard InChI is InChI=1S/C15H15F2N5O2S/c1-15(3-5-25-14(18)22-15)10-6-8(2-4-19-10)20-12(23)9-7-24-13(21-9)11(16)17/h2,4,6-7,11H,3,5H2,1H3,(H2,18,22)(H,19,20,23)/t15-/m0/s1. The Bertz CT molecular complexity index is 826. The van der Waals surface area contributed by atoms with Crippen LogP contribution >= 0.6 is 11.8 Å². The van der Waals surface area contributed by atoms with Crippen molar-refractivity contribution in [3.63, 3.8) is 0 Å². The van der Waals surface area contributed by atoms with Crippen molar-refractivity contribution >= 4 is 28.5 Å². The summed E-state index contributed by atoms with van der Waals surface area (Å²) in [5.41, 5.74) is 6.11. The maximum Gasteiger partial charge on any atom is 0.313 e. The number of nitrogens with zero attached hydrogens (tertiary/aromatic N) is 3. The zero-order valence-electron chi connectivity index (χ0n) is 13.2. The summed E-state index contributed by atoms with van der Waals surface area (Å²) in [4.78, 5) is 24.4. The number of nitrogens with one attached hydrogen (secondary N) is 1. The van der Waals surface area contributed by atoms with Crippen LogP contribution in [0.15, 0.2) is 34.0 Å². The molecule has 3 heterocycles. The van der Waals surface area contributed by atoms with Gasteiger partial charge in [0.05, 0.1) is 5.69 Å². The van der Waals surface area contributed by atoms with E-state index < -0.39 is 23.8 Å². The van der Waals surface area contributed by atoms with Gasteiger partial charge < -0.3 is 15.5 Å². The molecule has 0 bridgehead atoms. The first-order valence-electron chi connectivity index (χ1n) is 7.37. The normalized spacial score (nSPS) is 20.4. The third-order valence-electron chi connectivity index (χ3n) is 3.71. The SMILES string of the molecule is C[C@@]1(c2cc(NC(=O)c3coc(C(F)F)n3)ccn2)CCSC(N)=N1. The number of halogens is 2. The van der Waals surface area contributed by atoms with Crippen LogP contribution in [0.4, 0.5) is 14.5 Å². The van der Waals surface area contributed by atoms with Crippen molar-refractivity contribution in [3.05, 3.63) is 41.9 Å². The summed E-state index contributed by atoms with van der Waals surface area (Å²) >= 11 is 1.48. The Balaban J connectivity index is 1.79. The topological polar surface area (TPSA) is 106 Å². The minimum atomic E-state index is -2.87. The number of aromatic nitrogens is 2. The molecule has 3 rings (SSSR count). The number of hydrogen-bond donors (Lipinski definition) is 2. The van der Waals surface area contributed by atoms with Crippen LogP contribution in [0.3, 0.4) is 0 Å². The summed E-state index contributed by atoms with van der Waals surface area (Å²) in [7, 11) is 0. The van der Waals surface area contributed by atoms with E-state index in [4.69, 9.17) is 5.73 Å². The number of carbonyl (C=O) groups is 1. The molecule has 25 heavy (non-hydrogen) atoms.